The van der Waals surface area contributed by atoms with Gasteiger partial charge in [-0.15, -0.1) is 0 Å². The van der Waals surface area contributed by atoms with Crippen molar-refractivity contribution in [3.8, 4) is 0 Å². The van der Waals surface area contributed by atoms with Gasteiger partial charge in [0.25, 0.3) is 0 Å². The molecule has 0 unspecified atom stereocenters. The van der Waals surface area contributed by atoms with Crippen LogP contribution in [0.2, 0.25) is 0 Å². The molecule has 10 heteroatoms. The summed E-state index contributed by atoms with van der Waals surface area (Å²) in [5.74, 6) is -0.678. The zero-order chi connectivity index (χ0) is 26.5. The number of sulfonamides is 1. The smallest absolute Gasteiger partial charge is 0.244 e. The molecule has 1 N–H and O–H groups in total. The predicted molar refractivity (Wildman–Crippen MR) is 150 cm³/mol. The number of hydrogen-bond acceptors (Lipinski definition) is 4. The highest BCUT2D eigenvalue weighted by Crippen LogP contribution is 2.25. The van der Waals surface area contributed by atoms with Gasteiger partial charge in [0.15, 0.2) is 0 Å². The molecule has 36 heavy (non-hydrogen) atoms. The fraction of sp³-hybridized carbons (Fsp3) is 0.462. The molecule has 2 aromatic carbocycles. The third-order valence-electron chi connectivity index (χ3n) is 6.47. The number of halogens is 2. The van der Waals surface area contributed by atoms with E-state index in [0.29, 0.717) is 5.69 Å². The third-order valence-corrected chi connectivity index (χ3v) is 8.99. The standard InChI is InChI=1S/C26H33Br2N3O4S/c1-18-14-23(12-13-24(18)28)31(36(3,34)35)17-25(32)30(16-20-8-7-9-21(27)15-20)19(2)26(33)29-22-10-5-4-6-11-22/h7-9,12-15,19,22H,4-6,10-11,16-17H2,1-3H3,(H,29,33)/t19-/m0/s1. The third kappa shape index (κ3) is 7.79. The maximum absolute atomic E-state index is 13.7. The van der Waals surface area contributed by atoms with E-state index in [4.69, 9.17) is 0 Å². The van der Waals surface area contributed by atoms with Crippen LogP contribution in [0, 0.1) is 6.92 Å². The molecule has 1 atom stereocenters. The van der Waals surface area contributed by atoms with Crippen LogP contribution in [0.25, 0.3) is 0 Å². The summed E-state index contributed by atoms with van der Waals surface area (Å²) < 4.78 is 28.2. The summed E-state index contributed by atoms with van der Waals surface area (Å²) in [6.45, 7) is 3.32. The van der Waals surface area contributed by atoms with Crippen LogP contribution in [0.1, 0.15) is 50.2 Å². The Kier molecular flexibility index (Phi) is 10.00. The zero-order valence-electron chi connectivity index (χ0n) is 20.8. The number of amides is 2. The summed E-state index contributed by atoms with van der Waals surface area (Å²) in [6, 6.07) is 12.0. The average molecular weight is 643 g/mol. The molecule has 0 radical (unpaired) electrons. The molecule has 0 heterocycles. The van der Waals surface area contributed by atoms with Gasteiger partial charge in [0, 0.05) is 21.5 Å². The molecule has 1 aliphatic rings. The largest absolute Gasteiger partial charge is 0.352 e. The van der Waals surface area contributed by atoms with E-state index >= 15 is 0 Å². The first-order valence-electron chi connectivity index (χ1n) is 12.0. The Bertz CT molecular complexity index is 1200. The molecule has 0 spiro atoms. The van der Waals surface area contributed by atoms with E-state index in [1.54, 1.807) is 25.1 Å². The average Bonchev–Trinajstić information content (AvgIpc) is 2.82. The van der Waals surface area contributed by atoms with Crippen LogP contribution < -0.4 is 9.62 Å². The number of carbonyl (C=O) groups is 2. The maximum Gasteiger partial charge on any atom is 0.244 e. The van der Waals surface area contributed by atoms with Crippen molar-refractivity contribution in [2.45, 2.75) is 64.6 Å². The first-order valence-corrected chi connectivity index (χ1v) is 15.5. The van der Waals surface area contributed by atoms with Gasteiger partial charge >= 0.3 is 0 Å². The van der Waals surface area contributed by atoms with E-state index in [2.05, 4.69) is 37.2 Å². The Morgan fingerprint density at radius 3 is 2.39 bits per heavy atom. The van der Waals surface area contributed by atoms with E-state index in [0.717, 1.165) is 56.3 Å². The molecule has 3 rings (SSSR count). The molecule has 1 saturated carbocycles. The van der Waals surface area contributed by atoms with Crippen LogP contribution in [0.15, 0.2) is 51.4 Å². The van der Waals surface area contributed by atoms with E-state index in [9.17, 15) is 18.0 Å². The summed E-state index contributed by atoms with van der Waals surface area (Å²) in [4.78, 5) is 28.3. The number of nitrogens with one attached hydrogen (secondary N) is 1. The number of benzene rings is 2. The van der Waals surface area contributed by atoms with Crippen molar-refractivity contribution in [2.75, 3.05) is 17.1 Å². The Balaban J connectivity index is 1.88. The Morgan fingerprint density at radius 1 is 1.08 bits per heavy atom. The van der Waals surface area contributed by atoms with Crippen LogP contribution in [0.4, 0.5) is 5.69 Å². The van der Waals surface area contributed by atoms with E-state index in [1.807, 2.05) is 31.2 Å². The second kappa shape index (κ2) is 12.6. The van der Waals surface area contributed by atoms with Crippen molar-refractivity contribution in [2.24, 2.45) is 0 Å². The number of anilines is 1. The minimum Gasteiger partial charge on any atom is -0.352 e. The Morgan fingerprint density at radius 2 is 1.78 bits per heavy atom. The number of rotatable bonds is 9. The summed E-state index contributed by atoms with van der Waals surface area (Å²) in [7, 11) is -3.76. The number of carbonyl (C=O) groups excluding carboxylic acids is 2. The van der Waals surface area contributed by atoms with Crippen LogP contribution in [0.5, 0.6) is 0 Å². The molecular weight excluding hydrogens is 610 g/mol. The van der Waals surface area contributed by atoms with Crippen LogP contribution >= 0.6 is 31.9 Å². The Hall–Kier alpha value is -1.91. The topological polar surface area (TPSA) is 86.8 Å². The molecule has 0 aromatic heterocycles. The second-order valence-electron chi connectivity index (χ2n) is 9.37. The molecule has 196 valence electrons. The fourth-order valence-electron chi connectivity index (χ4n) is 4.38. The lowest BCUT2D eigenvalue weighted by molar-refractivity contribution is -0.139. The van der Waals surface area contributed by atoms with E-state index < -0.39 is 28.5 Å². The molecule has 0 aliphatic heterocycles. The lowest BCUT2D eigenvalue weighted by atomic mass is 9.95. The highest BCUT2D eigenvalue weighted by molar-refractivity contribution is 9.10. The predicted octanol–water partition coefficient (Wildman–Crippen LogP) is 5.15. The van der Waals surface area contributed by atoms with Crippen molar-refractivity contribution >= 4 is 59.4 Å². The number of hydrogen-bond donors (Lipinski definition) is 1. The fourth-order valence-corrected chi connectivity index (χ4v) is 5.92. The molecule has 2 amide bonds. The molecule has 7 nitrogen and oxygen atoms in total. The van der Waals surface area contributed by atoms with Gasteiger partial charge in [0.05, 0.1) is 11.9 Å². The van der Waals surface area contributed by atoms with Crippen LogP contribution in [-0.2, 0) is 26.2 Å². The lowest BCUT2D eigenvalue weighted by Gasteiger charge is -2.33. The van der Waals surface area contributed by atoms with Crippen LogP contribution in [-0.4, -0.2) is 50.0 Å². The molecule has 1 aliphatic carbocycles. The second-order valence-corrected chi connectivity index (χ2v) is 13.1. The van der Waals surface area contributed by atoms with Crippen molar-refractivity contribution in [1.82, 2.24) is 10.2 Å². The molecular formula is C26H33Br2N3O4S. The summed E-state index contributed by atoms with van der Waals surface area (Å²) in [6.07, 6.45) is 6.28. The minimum atomic E-state index is -3.76. The minimum absolute atomic E-state index is 0.106. The van der Waals surface area contributed by atoms with Gasteiger partial charge in [-0.3, -0.25) is 13.9 Å². The SMILES string of the molecule is Cc1cc(N(CC(=O)N(Cc2cccc(Br)c2)[C@@H](C)C(=O)NC2CCCCC2)S(C)(=O)=O)ccc1Br. The van der Waals surface area contributed by atoms with Gasteiger partial charge < -0.3 is 10.2 Å². The van der Waals surface area contributed by atoms with Gasteiger partial charge in [-0.2, -0.15) is 0 Å². The zero-order valence-corrected chi connectivity index (χ0v) is 24.8. The normalized spacial score (nSPS) is 15.2. The summed E-state index contributed by atoms with van der Waals surface area (Å²) in [5.41, 5.74) is 2.08. The van der Waals surface area contributed by atoms with Gasteiger partial charge in [-0.05, 0) is 68.1 Å². The van der Waals surface area contributed by atoms with Gasteiger partial charge in [0.1, 0.15) is 12.6 Å². The number of nitrogens with zero attached hydrogens (tertiary/aromatic N) is 2. The molecule has 0 saturated heterocycles. The Labute approximate surface area is 230 Å². The highest BCUT2D eigenvalue weighted by Gasteiger charge is 2.31. The lowest BCUT2D eigenvalue weighted by Crippen LogP contribution is -2.53. The van der Waals surface area contributed by atoms with Crippen molar-refractivity contribution in [1.29, 1.82) is 0 Å². The van der Waals surface area contributed by atoms with Crippen molar-refractivity contribution < 1.29 is 18.0 Å². The van der Waals surface area contributed by atoms with Crippen molar-refractivity contribution in [3.05, 3.63) is 62.5 Å². The van der Waals surface area contributed by atoms with Gasteiger partial charge in [0.2, 0.25) is 21.8 Å². The van der Waals surface area contributed by atoms with Crippen LogP contribution in [0.3, 0.4) is 0 Å². The highest BCUT2D eigenvalue weighted by atomic mass is 79.9. The summed E-state index contributed by atoms with van der Waals surface area (Å²) in [5, 5.41) is 3.10. The molecule has 2 aromatic rings. The van der Waals surface area contributed by atoms with Gasteiger partial charge in [-0.1, -0.05) is 63.3 Å². The summed E-state index contributed by atoms with van der Waals surface area (Å²) >= 11 is 6.89. The van der Waals surface area contributed by atoms with Crippen molar-refractivity contribution in [3.63, 3.8) is 0 Å². The molecule has 0 bridgehead atoms. The monoisotopic (exact) mass is 641 g/mol. The number of aryl methyl sites for hydroxylation is 1. The van der Waals surface area contributed by atoms with Gasteiger partial charge in [-0.25, -0.2) is 8.42 Å². The maximum atomic E-state index is 13.7. The molecule has 1 fully saturated rings. The first-order chi connectivity index (χ1) is 17.0. The first kappa shape index (κ1) is 28.7. The van der Waals surface area contributed by atoms with E-state index in [1.165, 1.54) is 11.3 Å². The quantitative estimate of drug-likeness (QED) is 0.410. The van der Waals surface area contributed by atoms with E-state index in [-0.39, 0.29) is 18.5 Å².